The molecule has 0 bridgehead atoms. The maximum Gasteiger partial charge on any atom is 0.0965 e. The van der Waals surface area contributed by atoms with Crippen LogP contribution in [0.3, 0.4) is 0 Å². The summed E-state index contributed by atoms with van der Waals surface area (Å²) in [5.41, 5.74) is 13.9. The van der Waals surface area contributed by atoms with Crippen molar-refractivity contribution >= 4 is 71.2 Å². The quantitative estimate of drug-likeness (QED) is 0.150. The zero-order chi connectivity index (χ0) is 41.7. The van der Waals surface area contributed by atoms with Crippen molar-refractivity contribution < 1.29 is 0 Å². The maximum absolute atomic E-state index is 5.09. The molecule has 0 amide bonds. The summed E-state index contributed by atoms with van der Waals surface area (Å²) >= 11 is 0. The lowest BCUT2D eigenvalue weighted by Gasteiger charge is -2.26. The molecule has 63 heavy (non-hydrogen) atoms. The summed E-state index contributed by atoms with van der Waals surface area (Å²) in [5.74, 6) is 0. The molecule has 0 radical (unpaired) electrons. The van der Waals surface area contributed by atoms with E-state index in [1.54, 1.807) is 0 Å². The van der Waals surface area contributed by atoms with E-state index in [1.807, 2.05) is 24.4 Å². The van der Waals surface area contributed by atoms with Gasteiger partial charge in [0.1, 0.15) is 0 Å². The first-order valence-electron chi connectivity index (χ1n) is 21.5. The molecule has 12 rings (SSSR count). The predicted octanol–water partition coefficient (Wildman–Crippen LogP) is 16.4. The molecular formula is C60H39N3. The Morgan fingerprint density at radius 3 is 1.43 bits per heavy atom. The van der Waals surface area contributed by atoms with E-state index >= 15 is 0 Å². The van der Waals surface area contributed by atoms with E-state index in [0.29, 0.717) is 0 Å². The molecule has 0 saturated heterocycles. The summed E-state index contributed by atoms with van der Waals surface area (Å²) in [6, 6.07) is 83.0. The van der Waals surface area contributed by atoms with E-state index in [1.165, 1.54) is 65.3 Å². The molecule has 0 aliphatic heterocycles. The fourth-order valence-electron chi connectivity index (χ4n) is 9.34. The number of nitrogens with zero attached hydrogens (tertiary/aromatic N) is 3. The van der Waals surface area contributed by atoms with E-state index in [4.69, 9.17) is 9.97 Å². The van der Waals surface area contributed by atoms with Crippen molar-refractivity contribution in [3.8, 4) is 44.6 Å². The number of hydrogen-bond donors (Lipinski definition) is 0. The minimum absolute atomic E-state index is 0.874. The largest absolute Gasteiger partial charge is 0.311 e. The number of anilines is 3. The van der Waals surface area contributed by atoms with Gasteiger partial charge in [0, 0.05) is 34.4 Å². The second-order valence-electron chi connectivity index (χ2n) is 16.2. The molecule has 0 fully saturated rings. The summed E-state index contributed by atoms with van der Waals surface area (Å²) in [7, 11) is 0. The monoisotopic (exact) mass is 801 g/mol. The average molecular weight is 802 g/mol. The lowest BCUT2D eigenvalue weighted by atomic mass is 9.92. The van der Waals surface area contributed by atoms with Gasteiger partial charge in [-0.3, -0.25) is 4.98 Å². The lowest BCUT2D eigenvalue weighted by molar-refractivity contribution is 1.28. The van der Waals surface area contributed by atoms with Gasteiger partial charge in [0.25, 0.3) is 0 Å². The van der Waals surface area contributed by atoms with E-state index in [0.717, 1.165) is 50.5 Å². The van der Waals surface area contributed by atoms with Crippen LogP contribution in [0.2, 0.25) is 0 Å². The fraction of sp³-hybridized carbons (Fsp3) is 0. The van der Waals surface area contributed by atoms with Crippen LogP contribution in [0.15, 0.2) is 237 Å². The van der Waals surface area contributed by atoms with E-state index < -0.39 is 0 Å². The molecule has 2 aromatic heterocycles. The number of aromatic nitrogens is 2. The van der Waals surface area contributed by atoms with Crippen LogP contribution in [0.1, 0.15) is 0 Å². The molecule has 0 unspecified atom stereocenters. The summed E-state index contributed by atoms with van der Waals surface area (Å²) in [6.45, 7) is 0. The topological polar surface area (TPSA) is 29.0 Å². The Balaban J connectivity index is 0.940. The van der Waals surface area contributed by atoms with Gasteiger partial charge in [-0.1, -0.05) is 164 Å². The Hall–Kier alpha value is -8.40. The zero-order valence-corrected chi connectivity index (χ0v) is 34.4. The van der Waals surface area contributed by atoms with Crippen molar-refractivity contribution in [1.82, 2.24) is 9.97 Å². The molecule has 3 nitrogen and oxygen atoms in total. The molecule has 0 saturated carbocycles. The Bertz CT molecular complexity index is 3620. The summed E-state index contributed by atoms with van der Waals surface area (Å²) in [5, 5.41) is 10.2. The molecule has 0 spiro atoms. The number of fused-ring (bicyclic) bond motifs is 8. The molecule has 0 aliphatic carbocycles. The highest BCUT2D eigenvalue weighted by atomic mass is 15.1. The normalized spacial score (nSPS) is 11.5. The van der Waals surface area contributed by atoms with Crippen molar-refractivity contribution in [2.75, 3.05) is 4.90 Å². The highest BCUT2D eigenvalue weighted by molar-refractivity contribution is 6.25. The predicted molar refractivity (Wildman–Crippen MR) is 266 cm³/mol. The van der Waals surface area contributed by atoms with Crippen molar-refractivity contribution in [3.63, 3.8) is 0 Å². The Labute approximate surface area is 365 Å². The van der Waals surface area contributed by atoms with Gasteiger partial charge in [-0.05, 0) is 138 Å². The summed E-state index contributed by atoms with van der Waals surface area (Å²) in [4.78, 5) is 12.2. The van der Waals surface area contributed by atoms with Crippen LogP contribution in [0.5, 0.6) is 0 Å². The SMILES string of the molecule is c1ccc(-c2cc(-c3ccc(N(c4ccc(-c5ccc6ccccc6c5)cc4)c4ccc(-c5ccc6c7ccccc7c7ccccc7c6c5)cc4)cc3)nc3cccnc23)cc1. The van der Waals surface area contributed by atoms with E-state index in [2.05, 4.69) is 217 Å². The summed E-state index contributed by atoms with van der Waals surface area (Å²) in [6.07, 6.45) is 1.84. The molecular weight excluding hydrogens is 763 g/mol. The van der Waals surface area contributed by atoms with Crippen molar-refractivity contribution in [3.05, 3.63) is 237 Å². The van der Waals surface area contributed by atoms with Crippen LogP contribution in [0, 0.1) is 0 Å². The molecule has 10 aromatic carbocycles. The second-order valence-corrected chi connectivity index (χ2v) is 16.2. The minimum Gasteiger partial charge on any atom is -0.311 e. The first-order valence-corrected chi connectivity index (χ1v) is 21.5. The third-order valence-electron chi connectivity index (χ3n) is 12.5. The first-order chi connectivity index (χ1) is 31.2. The fourth-order valence-corrected chi connectivity index (χ4v) is 9.34. The smallest absolute Gasteiger partial charge is 0.0965 e. The molecule has 12 aromatic rings. The molecule has 2 heterocycles. The van der Waals surface area contributed by atoms with Gasteiger partial charge in [-0.15, -0.1) is 0 Å². The van der Waals surface area contributed by atoms with Gasteiger partial charge >= 0.3 is 0 Å². The van der Waals surface area contributed by atoms with Gasteiger partial charge in [0.15, 0.2) is 0 Å². The van der Waals surface area contributed by atoms with Crippen LogP contribution in [0.25, 0.3) is 98.8 Å². The van der Waals surface area contributed by atoms with Crippen LogP contribution in [0.4, 0.5) is 17.1 Å². The summed E-state index contributed by atoms with van der Waals surface area (Å²) < 4.78 is 0. The Morgan fingerprint density at radius 1 is 0.302 bits per heavy atom. The molecule has 0 atom stereocenters. The first kappa shape index (κ1) is 36.5. The third kappa shape index (κ3) is 6.55. The van der Waals surface area contributed by atoms with Gasteiger partial charge in [0.2, 0.25) is 0 Å². The van der Waals surface area contributed by atoms with Crippen LogP contribution >= 0.6 is 0 Å². The van der Waals surface area contributed by atoms with Gasteiger partial charge in [-0.25, -0.2) is 4.98 Å². The van der Waals surface area contributed by atoms with Crippen molar-refractivity contribution in [2.45, 2.75) is 0 Å². The van der Waals surface area contributed by atoms with Gasteiger partial charge < -0.3 is 4.90 Å². The minimum atomic E-state index is 0.874. The van der Waals surface area contributed by atoms with Gasteiger partial charge in [-0.2, -0.15) is 0 Å². The van der Waals surface area contributed by atoms with Crippen LogP contribution in [-0.4, -0.2) is 9.97 Å². The molecule has 294 valence electrons. The van der Waals surface area contributed by atoms with E-state index in [9.17, 15) is 0 Å². The number of hydrogen-bond acceptors (Lipinski definition) is 3. The number of rotatable bonds is 7. The Kier molecular flexibility index (Phi) is 8.83. The van der Waals surface area contributed by atoms with Crippen molar-refractivity contribution in [2.24, 2.45) is 0 Å². The van der Waals surface area contributed by atoms with Crippen LogP contribution < -0.4 is 4.90 Å². The molecule has 0 aliphatic rings. The molecule has 3 heteroatoms. The number of pyridine rings is 2. The number of benzene rings is 10. The second kappa shape index (κ2) is 15.3. The van der Waals surface area contributed by atoms with Crippen LogP contribution in [-0.2, 0) is 0 Å². The third-order valence-corrected chi connectivity index (χ3v) is 12.5. The average Bonchev–Trinajstić information content (AvgIpc) is 3.37. The van der Waals surface area contributed by atoms with E-state index in [-0.39, 0.29) is 0 Å². The molecule has 0 N–H and O–H groups in total. The lowest BCUT2D eigenvalue weighted by Crippen LogP contribution is -2.09. The van der Waals surface area contributed by atoms with Gasteiger partial charge in [0.05, 0.1) is 16.7 Å². The maximum atomic E-state index is 5.09. The standard InChI is InChI=1S/C60H39N3/c1-2-12-43(13-3-1)56-39-59(62-58-19-10-36-61-60(56)58)44-26-33-50(34-27-44)63(48-29-22-41(23-30-48)46-21-20-40-11-4-5-14-45(40)37-46)49-31-24-42(25-32-49)47-28-35-55-53-17-7-6-15-51(53)52-16-8-9-18-54(52)57(55)38-47/h1-39H. The zero-order valence-electron chi connectivity index (χ0n) is 34.4. The highest BCUT2D eigenvalue weighted by Gasteiger charge is 2.16. The highest BCUT2D eigenvalue weighted by Crippen LogP contribution is 2.41. The Morgan fingerprint density at radius 2 is 0.794 bits per heavy atom. The van der Waals surface area contributed by atoms with Crippen molar-refractivity contribution in [1.29, 1.82) is 0 Å².